The number of phenolic OH excluding ortho intramolecular Hbond substituents is 1. The lowest BCUT2D eigenvalue weighted by atomic mass is 10.2. The van der Waals surface area contributed by atoms with E-state index in [1.807, 2.05) is 0 Å². The zero-order valence-electron chi connectivity index (χ0n) is 6.67. The van der Waals surface area contributed by atoms with Crippen LogP contribution in [0.15, 0.2) is 12.1 Å². The summed E-state index contributed by atoms with van der Waals surface area (Å²) in [4.78, 5) is 0. The molecule has 0 atom stereocenters. The standard InChI is InChI=1S/C8H10FNO2/c1-12-8-3-6(9)5(4-10)2-7(8)11/h2-3,11H,4,10H2,1H3. The number of hydrogen-bond acceptors (Lipinski definition) is 3. The molecule has 0 fully saturated rings. The van der Waals surface area contributed by atoms with Crippen LogP contribution in [0.5, 0.6) is 11.5 Å². The van der Waals surface area contributed by atoms with Gasteiger partial charge in [-0.05, 0) is 6.07 Å². The van der Waals surface area contributed by atoms with Crippen molar-refractivity contribution in [2.45, 2.75) is 6.54 Å². The van der Waals surface area contributed by atoms with Gasteiger partial charge in [0.25, 0.3) is 0 Å². The van der Waals surface area contributed by atoms with E-state index in [9.17, 15) is 9.50 Å². The van der Waals surface area contributed by atoms with Gasteiger partial charge >= 0.3 is 0 Å². The van der Waals surface area contributed by atoms with Crippen LogP contribution in [0.3, 0.4) is 0 Å². The Kier molecular flexibility index (Phi) is 2.50. The second kappa shape index (κ2) is 3.40. The molecule has 0 aliphatic heterocycles. The molecule has 3 N–H and O–H groups in total. The highest BCUT2D eigenvalue weighted by Crippen LogP contribution is 2.28. The van der Waals surface area contributed by atoms with E-state index in [0.29, 0.717) is 0 Å². The molecule has 1 rings (SSSR count). The van der Waals surface area contributed by atoms with E-state index in [2.05, 4.69) is 0 Å². The van der Waals surface area contributed by atoms with Crippen molar-refractivity contribution < 1.29 is 14.2 Å². The molecular formula is C8H10FNO2. The quantitative estimate of drug-likeness (QED) is 0.697. The number of methoxy groups -OCH3 is 1. The van der Waals surface area contributed by atoms with Crippen LogP contribution in [0.4, 0.5) is 4.39 Å². The van der Waals surface area contributed by atoms with E-state index in [1.165, 1.54) is 13.2 Å². The zero-order chi connectivity index (χ0) is 9.14. The molecule has 0 heterocycles. The van der Waals surface area contributed by atoms with Crippen molar-refractivity contribution in [2.24, 2.45) is 5.73 Å². The Hall–Kier alpha value is -1.29. The number of ether oxygens (including phenoxy) is 1. The van der Waals surface area contributed by atoms with Gasteiger partial charge in [0.15, 0.2) is 11.5 Å². The lowest BCUT2D eigenvalue weighted by Gasteiger charge is -2.05. The molecule has 0 amide bonds. The maximum atomic E-state index is 12.9. The van der Waals surface area contributed by atoms with Gasteiger partial charge in [-0.2, -0.15) is 0 Å². The first-order valence-electron chi connectivity index (χ1n) is 3.44. The second-order valence-electron chi connectivity index (χ2n) is 2.32. The molecule has 0 saturated carbocycles. The van der Waals surface area contributed by atoms with Gasteiger partial charge in [-0.25, -0.2) is 4.39 Å². The second-order valence-corrected chi connectivity index (χ2v) is 2.32. The molecule has 0 bridgehead atoms. The highest BCUT2D eigenvalue weighted by atomic mass is 19.1. The van der Waals surface area contributed by atoms with Crippen LogP contribution >= 0.6 is 0 Å². The van der Waals surface area contributed by atoms with Crippen LogP contribution in [-0.4, -0.2) is 12.2 Å². The first-order valence-corrected chi connectivity index (χ1v) is 3.44. The Balaban J connectivity index is 3.16. The summed E-state index contributed by atoms with van der Waals surface area (Å²) in [6, 6.07) is 2.37. The molecule has 66 valence electrons. The summed E-state index contributed by atoms with van der Waals surface area (Å²) in [5, 5.41) is 9.20. The van der Waals surface area contributed by atoms with Gasteiger partial charge in [0.1, 0.15) is 5.82 Å². The van der Waals surface area contributed by atoms with E-state index in [0.717, 1.165) is 6.07 Å². The molecule has 0 aliphatic rings. The van der Waals surface area contributed by atoms with Crippen molar-refractivity contribution in [3.63, 3.8) is 0 Å². The molecule has 3 nitrogen and oxygen atoms in total. The van der Waals surface area contributed by atoms with Crippen LogP contribution in [0.25, 0.3) is 0 Å². The number of phenols is 1. The lowest BCUT2D eigenvalue weighted by molar-refractivity contribution is 0.369. The van der Waals surface area contributed by atoms with Gasteiger partial charge in [-0.3, -0.25) is 0 Å². The van der Waals surface area contributed by atoms with E-state index in [-0.39, 0.29) is 23.6 Å². The summed E-state index contributed by atoms with van der Waals surface area (Å²) in [5.74, 6) is -0.448. The Bertz CT molecular complexity index is 259. The fourth-order valence-electron chi connectivity index (χ4n) is 0.907. The van der Waals surface area contributed by atoms with Gasteiger partial charge in [0.2, 0.25) is 0 Å². The van der Waals surface area contributed by atoms with Crippen molar-refractivity contribution in [2.75, 3.05) is 7.11 Å². The van der Waals surface area contributed by atoms with Gasteiger partial charge in [-0.15, -0.1) is 0 Å². The summed E-state index contributed by atoms with van der Waals surface area (Å²) in [5.41, 5.74) is 5.49. The molecule has 0 spiro atoms. The predicted molar refractivity (Wildman–Crippen MR) is 42.5 cm³/mol. The molecule has 0 saturated heterocycles. The fraction of sp³-hybridized carbons (Fsp3) is 0.250. The van der Waals surface area contributed by atoms with Gasteiger partial charge in [-0.1, -0.05) is 0 Å². The average molecular weight is 171 g/mol. The number of halogens is 1. The molecule has 12 heavy (non-hydrogen) atoms. The number of rotatable bonds is 2. The first-order chi connectivity index (χ1) is 5.69. The van der Waals surface area contributed by atoms with Crippen molar-refractivity contribution in [3.05, 3.63) is 23.5 Å². The molecule has 1 aromatic carbocycles. The Morgan fingerprint density at radius 1 is 1.58 bits per heavy atom. The SMILES string of the molecule is COc1cc(F)c(CN)cc1O. The third-order valence-corrected chi connectivity index (χ3v) is 1.57. The summed E-state index contributed by atoms with van der Waals surface area (Å²) < 4.78 is 17.6. The molecule has 0 radical (unpaired) electrons. The molecule has 0 aliphatic carbocycles. The van der Waals surface area contributed by atoms with Crippen LogP contribution in [-0.2, 0) is 6.54 Å². The minimum atomic E-state index is -0.466. The first kappa shape index (κ1) is 8.80. The van der Waals surface area contributed by atoms with Crippen LogP contribution < -0.4 is 10.5 Å². The van der Waals surface area contributed by atoms with Crippen molar-refractivity contribution >= 4 is 0 Å². The zero-order valence-corrected chi connectivity index (χ0v) is 6.67. The fourth-order valence-corrected chi connectivity index (χ4v) is 0.907. The van der Waals surface area contributed by atoms with Crippen molar-refractivity contribution in [1.82, 2.24) is 0 Å². The maximum absolute atomic E-state index is 12.9. The summed E-state index contributed by atoms with van der Waals surface area (Å²) in [6.07, 6.45) is 0. The highest BCUT2D eigenvalue weighted by Gasteiger charge is 2.07. The van der Waals surface area contributed by atoms with Crippen molar-refractivity contribution in [3.8, 4) is 11.5 Å². The van der Waals surface area contributed by atoms with Crippen molar-refractivity contribution in [1.29, 1.82) is 0 Å². The molecule has 0 unspecified atom stereocenters. The highest BCUT2D eigenvalue weighted by molar-refractivity contribution is 5.42. The van der Waals surface area contributed by atoms with E-state index < -0.39 is 5.82 Å². The third-order valence-electron chi connectivity index (χ3n) is 1.57. The number of aromatic hydroxyl groups is 1. The predicted octanol–water partition coefficient (Wildman–Crippen LogP) is 0.999. The Morgan fingerprint density at radius 2 is 2.25 bits per heavy atom. The topological polar surface area (TPSA) is 55.5 Å². The van der Waals surface area contributed by atoms with E-state index in [4.69, 9.17) is 10.5 Å². The number of nitrogens with two attached hydrogens (primary N) is 1. The van der Waals surface area contributed by atoms with Gasteiger partial charge in [0.05, 0.1) is 7.11 Å². The maximum Gasteiger partial charge on any atom is 0.163 e. The molecule has 1 aromatic rings. The molecule has 4 heteroatoms. The smallest absolute Gasteiger partial charge is 0.163 e. The summed E-state index contributed by atoms with van der Waals surface area (Å²) in [6.45, 7) is 0.0589. The molecule has 0 aromatic heterocycles. The van der Waals surface area contributed by atoms with Crippen LogP contribution in [0.1, 0.15) is 5.56 Å². The summed E-state index contributed by atoms with van der Waals surface area (Å²) in [7, 11) is 1.36. The largest absolute Gasteiger partial charge is 0.504 e. The minimum Gasteiger partial charge on any atom is -0.504 e. The van der Waals surface area contributed by atoms with Gasteiger partial charge < -0.3 is 15.6 Å². The Labute approximate surface area is 69.6 Å². The van der Waals surface area contributed by atoms with Gasteiger partial charge in [0, 0.05) is 18.2 Å². The monoisotopic (exact) mass is 171 g/mol. The Morgan fingerprint density at radius 3 is 2.75 bits per heavy atom. The number of hydrogen-bond donors (Lipinski definition) is 2. The van der Waals surface area contributed by atoms with E-state index in [1.54, 1.807) is 0 Å². The number of benzene rings is 1. The normalized spacial score (nSPS) is 9.92. The average Bonchev–Trinajstić information content (AvgIpc) is 2.08. The third kappa shape index (κ3) is 1.48. The van der Waals surface area contributed by atoms with Crippen LogP contribution in [0, 0.1) is 5.82 Å². The van der Waals surface area contributed by atoms with Crippen LogP contribution in [0.2, 0.25) is 0 Å². The lowest BCUT2D eigenvalue weighted by Crippen LogP contribution is -2.00. The minimum absolute atomic E-state index is 0.0589. The molecular weight excluding hydrogens is 161 g/mol. The summed E-state index contributed by atoms with van der Waals surface area (Å²) >= 11 is 0. The van der Waals surface area contributed by atoms with E-state index >= 15 is 0 Å².